The highest BCUT2D eigenvalue weighted by molar-refractivity contribution is 5.68. The van der Waals surface area contributed by atoms with Crippen molar-refractivity contribution in [3.63, 3.8) is 0 Å². The third kappa shape index (κ3) is 0.778. The molecule has 2 heterocycles. The average molecular weight is 130 g/mol. The van der Waals surface area contributed by atoms with Crippen molar-refractivity contribution in [2.75, 3.05) is 5.32 Å². The van der Waals surface area contributed by atoms with E-state index in [0.29, 0.717) is 0 Å². The summed E-state index contributed by atoms with van der Waals surface area (Å²) in [5.41, 5.74) is 1.99. The van der Waals surface area contributed by atoms with Gasteiger partial charge < -0.3 is 5.32 Å². The summed E-state index contributed by atoms with van der Waals surface area (Å²) in [6.45, 7) is 2.87. The van der Waals surface area contributed by atoms with Gasteiger partial charge in [0.15, 0.2) is 0 Å². The first kappa shape index (κ1) is 5.47. The number of rotatable bonds is 0. The monoisotopic (exact) mass is 130 g/mol. The molecule has 0 fully saturated rings. The number of aromatic nitrogens is 1. The van der Waals surface area contributed by atoms with Crippen LogP contribution in [0.2, 0.25) is 0 Å². The maximum absolute atomic E-state index is 4.13. The lowest BCUT2D eigenvalue weighted by Gasteiger charge is -2.08. The van der Waals surface area contributed by atoms with Gasteiger partial charge in [0.1, 0.15) is 6.54 Å². The molecule has 1 N–H and O–H groups in total. The number of nitrogens with zero attached hydrogens (tertiary/aromatic N) is 1. The maximum atomic E-state index is 4.13. The van der Waals surface area contributed by atoms with Gasteiger partial charge in [-0.3, -0.25) is 4.98 Å². The van der Waals surface area contributed by atoms with Crippen LogP contribution in [0.5, 0.6) is 0 Å². The first-order valence-corrected chi connectivity index (χ1v) is 3.10. The third-order valence-corrected chi connectivity index (χ3v) is 1.37. The van der Waals surface area contributed by atoms with E-state index in [9.17, 15) is 0 Å². The van der Waals surface area contributed by atoms with E-state index in [1.807, 2.05) is 24.3 Å². The summed E-state index contributed by atoms with van der Waals surface area (Å²) in [6.07, 6.45) is 5.51. The molecule has 0 amide bonds. The molecular weight excluding hydrogens is 124 g/mol. The van der Waals surface area contributed by atoms with Gasteiger partial charge in [-0.05, 0) is 18.2 Å². The Morgan fingerprint density at radius 2 is 2.50 bits per heavy atom. The van der Waals surface area contributed by atoms with E-state index in [1.54, 1.807) is 6.20 Å². The van der Waals surface area contributed by atoms with Crippen LogP contribution in [0.1, 0.15) is 5.69 Å². The Hall–Kier alpha value is -1.31. The van der Waals surface area contributed by atoms with Crippen molar-refractivity contribution in [2.24, 2.45) is 0 Å². The SMILES string of the molecule is [C]1C=Cc2ncccc2N1. The average Bonchev–Trinajstić information content (AvgIpc) is 2.05. The van der Waals surface area contributed by atoms with Gasteiger partial charge in [-0.1, -0.05) is 6.08 Å². The number of hydrogen-bond donors (Lipinski definition) is 1. The summed E-state index contributed by atoms with van der Waals surface area (Å²) in [5, 5.41) is 2.96. The zero-order chi connectivity index (χ0) is 6.81. The number of nitrogens with one attached hydrogen (secondary N) is 1. The van der Waals surface area contributed by atoms with Crippen LogP contribution in [0.4, 0.5) is 5.69 Å². The van der Waals surface area contributed by atoms with E-state index >= 15 is 0 Å². The van der Waals surface area contributed by atoms with E-state index in [-0.39, 0.29) is 0 Å². The second kappa shape index (κ2) is 2.14. The number of fused-ring (bicyclic) bond motifs is 1. The molecule has 48 valence electrons. The Bertz CT molecular complexity index is 266. The van der Waals surface area contributed by atoms with Gasteiger partial charge in [0.05, 0.1) is 11.4 Å². The minimum absolute atomic E-state index is 0.973. The molecule has 2 heteroatoms. The summed E-state index contributed by atoms with van der Waals surface area (Å²) in [7, 11) is 0. The normalized spacial score (nSPS) is 14.0. The van der Waals surface area contributed by atoms with Crippen LogP contribution in [0.15, 0.2) is 24.4 Å². The molecule has 2 rings (SSSR count). The molecule has 10 heavy (non-hydrogen) atoms. The molecule has 0 spiro atoms. The van der Waals surface area contributed by atoms with Crippen molar-refractivity contribution in [2.45, 2.75) is 0 Å². The minimum Gasteiger partial charge on any atom is -0.369 e. The highest BCUT2D eigenvalue weighted by Crippen LogP contribution is 2.17. The van der Waals surface area contributed by atoms with E-state index < -0.39 is 0 Å². The lowest BCUT2D eigenvalue weighted by molar-refractivity contribution is 1.26. The Morgan fingerprint density at radius 1 is 1.50 bits per heavy atom. The van der Waals surface area contributed by atoms with Crippen LogP contribution >= 0.6 is 0 Å². The molecule has 0 atom stereocenters. The highest BCUT2D eigenvalue weighted by Gasteiger charge is 2.01. The summed E-state index contributed by atoms with van der Waals surface area (Å²) in [5.74, 6) is 0. The van der Waals surface area contributed by atoms with Crippen molar-refractivity contribution in [3.05, 3.63) is 36.6 Å². The first-order chi connectivity index (χ1) is 4.97. The van der Waals surface area contributed by atoms with Crippen molar-refractivity contribution in [1.29, 1.82) is 0 Å². The molecule has 2 nitrogen and oxygen atoms in total. The molecule has 1 aromatic rings. The Balaban J connectivity index is 2.54. The van der Waals surface area contributed by atoms with Crippen LogP contribution in [-0.4, -0.2) is 4.98 Å². The lowest BCUT2D eigenvalue weighted by atomic mass is 10.2. The van der Waals surface area contributed by atoms with E-state index in [2.05, 4.69) is 16.8 Å². The standard InChI is InChI=1S/C8H6N2/c1-3-7-8(9-5-1)4-2-6-10-7/h1-5,10H. The van der Waals surface area contributed by atoms with E-state index in [0.717, 1.165) is 11.4 Å². The van der Waals surface area contributed by atoms with Crippen LogP contribution in [0.3, 0.4) is 0 Å². The largest absolute Gasteiger partial charge is 0.369 e. The zero-order valence-electron chi connectivity index (χ0n) is 5.33. The minimum atomic E-state index is 0.973. The fourth-order valence-electron chi connectivity index (χ4n) is 0.896. The highest BCUT2D eigenvalue weighted by atomic mass is 14.9. The molecule has 1 aliphatic rings. The summed E-state index contributed by atoms with van der Waals surface area (Å²) >= 11 is 0. The van der Waals surface area contributed by atoms with E-state index in [1.165, 1.54) is 0 Å². The van der Waals surface area contributed by atoms with Crippen LogP contribution < -0.4 is 5.32 Å². The lowest BCUT2D eigenvalue weighted by Crippen LogP contribution is -1.99. The van der Waals surface area contributed by atoms with Crippen LogP contribution in [0.25, 0.3) is 6.08 Å². The predicted molar refractivity (Wildman–Crippen MR) is 40.1 cm³/mol. The molecular formula is C8H6N2. The van der Waals surface area contributed by atoms with Crippen molar-refractivity contribution < 1.29 is 0 Å². The zero-order valence-corrected chi connectivity index (χ0v) is 5.33. The Morgan fingerprint density at radius 3 is 3.40 bits per heavy atom. The summed E-state index contributed by atoms with van der Waals surface area (Å²) < 4.78 is 0. The van der Waals surface area contributed by atoms with Gasteiger partial charge in [0, 0.05) is 6.20 Å². The smallest absolute Gasteiger partial charge is 0.115 e. The predicted octanol–water partition coefficient (Wildman–Crippen LogP) is 1.56. The van der Waals surface area contributed by atoms with Gasteiger partial charge in [-0.2, -0.15) is 0 Å². The fourth-order valence-corrected chi connectivity index (χ4v) is 0.896. The molecule has 0 aliphatic carbocycles. The van der Waals surface area contributed by atoms with Crippen LogP contribution in [-0.2, 0) is 0 Å². The topological polar surface area (TPSA) is 24.9 Å². The second-order valence-corrected chi connectivity index (χ2v) is 2.04. The van der Waals surface area contributed by atoms with Gasteiger partial charge in [0.2, 0.25) is 0 Å². The second-order valence-electron chi connectivity index (χ2n) is 2.04. The maximum Gasteiger partial charge on any atom is 0.115 e. The van der Waals surface area contributed by atoms with Crippen LogP contribution in [0, 0.1) is 6.54 Å². The first-order valence-electron chi connectivity index (χ1n) is 3.10. The molecule has 0 bridgehead atoms. The van der Waals surface area contributed by atoms with Gasteiger partial charge in [0.25, 0.3) is 0 Å². The van der Waals surface area contributed by atoms with Gasteiger partial charge >= 0.3 is 0 Å². The number of pyridine rings is 1. The molecule has 1 aliphatic heterocycles. The van der Waals surface area contributed by atoms with Gasteiger partial charge in [-0.25, -0.2) is 0 Å². The van der Waals surface area contributed by atoms with Crippen molar-refractivity contribution >= 4 is 11.8 Å². The molecule has 0 aromatic carbocycles. The Kier molecular flexibility index (Phi) is 1.17. The molecule has 1 aromatic heterocycles. The molecule has 0 saturated carbocycles. The van der Waals surface area contributed by atoms with Crippen molar-refractivity contribution in [1.82, 2.24) is 4.98 Å². The number of hydrogen-bond acceptors (Lipinski definition) is 2. The molecule has 2 radical (unpaired) electrons. The summed E-state index contributed by atoms with van der Waals surface area (Å²) in [4.78, 5) is 4.13. The molecule has 0 saturated heterocycles. The summed E-state index contributed by atoms with van der Waals surface area (Å²) in [6, 6.07) is 3.87. The van der Waals surface area contributed by atoms with Gasteiger partial charge in [-0.15, -0.1) is 0 Å². The van der Waals surface area contributed by atoms with Crippen molar-refractivity contribution in [3.8, 4) is 0 Å². The third-order valence-electron chi connectivity index (χ3n) is 1.37. The van der Waals surface area contributed by atoms with E-state index in [4.69, 9.17) is 0 Å². The number of anilines is 1. The molecule has 0 unspecified atom stereocenters. The Labute approximate surface area is 59.6 Å². The fraction of sp³-hybridized carbons (Fsp3) is 0. The quantitative estimate of drug-likeness (QED) is 0.576.